The van der Waals surface area contributed by atoms with Gasteiger partial charge in [-0.25, -0.2) is 0 Å². The van der Waals surface area contributed by atoms with Gasteiger partial charge in [0.2, 0.25) is 0 Å². The Labute approximate surface area is 104 Å². The van der Waals surface area contributed by atoms with Crippen LogP contribution in [0.1, 0.15) is 14.8 Å². The van der Waals surface area contributed by atoms with Crippen molar-refractivity contribution in [2.75, 3.05) is 5.32 Å². The van der Waals surface area contributed by atoms with Crippen molar-refractivity contribution in [3.63, 3.8) is 0 Å². The van der Waals surface area contributed by atoms with Gasteiger partial charge < -0.3 is 0 Å². The molecule has 0 saturated carbocycles. The Bertz CT molecular complexity index is 524. The molecule has 0 bridgehead atoms. The van der Waals surface area contributed by atoms with Gasteiger partial charge in [0.25, 0.3) is 0 Å². The first kappa shape index (κ1) is 11.4. The van der Waals surface area contributed by atoms with E-state index in [1.54, 1.807) is 30.5 Å². The predicted molar refractivity (Wildman–Crippen MR) is 65.3 cm³/mol. The van der Waals surface area contributed by atoms with Crippen molar-refractivity contribution in [2.45, 2.75) is 6.92 Å². The van der Waals surface area contributed by atoms with Crippen LogP contribution in [0.4, 0.5) is 4.69 Å². The number of hydrogen-bond donors (Lipinski definition) is 1. The molecule has 5 heteroatoms. The number of amides is 1. The molecule has 0 fully saturated rings. The minimum absolute atomic E-state index is 0.136. The van der Waals surface area contributed by atoms with Crippen LogP contribution in [0.25, 0.3) is 0 Å². The quantitative estimate of drug-likeness (QED) is 0.865. The van der Waals surface area contributed by atoms with Gasteiger partial charge in [-0.05, 0) is 0 Å². The zero-order chi connectivity index (χ0) is 11.5. The number of rotatable bonds is 2. The van der Waals surface area contributed by atoms with Crippen molar-refractivity contribution in [3.05, 3.63) is 45.5 Å². The van der Waals surface area contributed by atoms with E-state index in [9.17, 15) is 4.79 Å². The number of hydrogen-bond acceptors (Lipinski definition) is 2. The van der Waals surface area contributed by atoms with Crippen LogP contribution in [0.2, 0.25) is 5.02 Å². The summed E-state index contributed by atoms with van der Waals surface area (Å²) >= 11 is 6.06. The average molecular weight is 300 g/mol. The van der Waals surface area contributed by atoms with E-state index < -0.39 is 0 Å². The fourth-order valence-corrected chi connectivity index (χ4v) is 2.83. The van der Waals surface area contributed by atoms with Gasteiger partial charge in [-0.15, -0.1) is 0 Å². The van der Waals surface area contributed by atoms with Crippen molar-refractivity contribution in [3.8, 4) is 0 Å². The van der Waals surface area contributed by atoms with Gasteiger partial charge in [0, 0.05) is 0 Å². The molecular weight excluding hydrogens is 291 g/mol. The van der Waals surface area contributed by atoms with E-state index in [4.69, 9.17) is 11.6 Å². The zero-order valence-electron chi connectivity index (χ0n) is 8.53. The van der Waals surface area contributed by atoms with Crippen LogP contribution in [0, 0.1) is 6.92 Å². The van der Waals surface area contributed by atoms with Crippen molar-refractivity contribution < 1.29 is 4.79 Å². The van der Waals surface area contributed by atoms with Gasteiger partial charge in [-0.2, -0.15) is 0 Å². The Balaban J connectivity index is 2.18. The maximum absolute atomic E-state index is 11.8. The molecule has 1 aromatic carbocycles. The molecule has 0 aliphatic rings. The van der Waals surface area contributed by atoms with Gasteiger partial charge in [-0.1, -0.05) is 0 Å². The number of nitrogens with zero attached hydrogens (tertiary/aromatic N) is 1. The number of benzene rings is 1. The van der Waals surface area contributed by atoms with Crippen LogP contribution in [0.3, 0.4) is 0 Å². The predicted octanol–water partition coefficient (Wildman–Crippen LogP) is 2.35. The average Bonchev–Trinajstić information content (AvgIpc) is 2.64. The summed E-state index contributed by atoms with van der Waals surface area (Å²) in [5.74, 6) is -0.200. The number of carbonyl (C=O) groups excluding carboxylic acids is 1. The van der Waals surface area contributed by atoms with Crippen LogP contribution in [-0.4, -0.2) is 25.4 Å². The molecule has 0 saturated heterocycles. The van der Waals surface area contributed by atoms with Crippen LogP contribution < -0.4 is 5.32 Å². The van der Waals surface area contributed by atoms with Gasteiger partial charge in [0.15, 0.2) is 0 Å². The number of aromatic nitrogens is 1. The Morgan fingerprint density at radius 1 is 1.44 bits per heavy atom. The second-order valence-electron chi connectivity index (χ2n) is 3.21. The SMILES string of the molecule is Cc1cnc(NC(=O)c2ccccc2Cl)[se]1. The summed E-state index contributed by atoms with van der Waals surface area (Å²) in [4.78, 5) is 16.0. The summed E-state index contributed by atoms with van der Waals surface area (Å²) in [6.07, 6.45) is 1.78. The molecule has 82 valence electrons. The maximum atomic E-state index is 11.8. The number of aryl methyl sites for hydroxylation is 1. The van der Waals surface area contributed by atoms with E-state index in [0.29, 0.717) is 10.6 Å². The second kappa shape index (κ2) is 4.83. The fraction of sp³-hybridized carbons (Fsp3) is 0.0909. The van der Waals surface area contributed by atoms with Crippen molar-refractivity contribution in [1.82, 2.24) is 4.98 Å². The molecule has 1 heterocycles. The van der Waals surface area contributed by atoms with E-state index in [1.165, 1.54) is 4.44 Å². The zero-order valence-corrected chi connectivity index (χ0v) is 11.0. The molecule has 3 nitrogen and oxygen atoms in total. The van der Waals surface area contributed by atoms with Crippen molar-refractivity contribution in [1.29, 1.82) is 0 Å². The van der Waals surface area contributed by atoms with Crippen molar-refractivity contribution >= 4 is 36.7 Å². The van der Waals surface area contributed by atoms with Gasteiger partial charge >= 0.3 is 104 Å². The molecule has 1 amide bonds. The van der Waals surface area contributed by atoms with Gasteiger partial charge in [0.05, 0.1) is 0 Å². The third-order valence-corrected chi connectivity index (χ3v) is 4.03. The summed E-state index contributed by atoms with van der Waals surface area (Å²) in [5, 5.41) is 3.22. The summed E-state index contributed by atoms with van der Waals surface area (Å²) < 4.78 is 1.93. The molecule has 0 unspecified atom stereocenters. The molecule has 0 radical (unpaired) electrons. The first-order chi connectivity index (χ1) is 7.66. The van der Waals surface area contributed by atoms with E-state index in [2.05, 4.69) is 10.3 Å². The molecule has 0 aliphatic heterocycles. The molecule has 2 aromatic rings. The monoisotopic (exact) mass is 300 g/mol. The van der Waals surface area contributed by atoms with Gasteiger partial charge in [0.1, 0.15) is 0 Å². The third kappa shape index (κ3) is 2.53. The van der Waals surface area contributed by atoms with Crippen LogP contribution in [0.5, 0.6) is 0 Å². The molecule has 0 aliphatic carbocycles. The van der Waals surface area contributed by atoms with E-state index in [1.807, 2.05) is 6.92 Å². The molecule has 16 heavy (non-hydrogen) atoms. The number of carbonyl (C=O) groups is 1. The van der Waals surface area contributed by atoms with Gasteiger partial charge in [-0.3, -0.25) is 0 Å². The minimum atomic E-state index is -0.200. The number of anilines is 1. The Hall–Kier alpha value is -1.09. The van der Waals surface area contributed by atoms with E-state index in [-0.39, 0.29) is 20.4 Å². The Morgan fingerprint density at radius 2 is 2.19 bits per heavy atom. The second-order valence-corrected chi connectivity index (χ2v) is 6.21. The molecule has 2 rings (SSSR count). The molecular formula is C11H9ClN2OSe. The third-order valence-electron chi connectivity index (χ3n) is 1.96. The molecule has 0 spiro atoms. The molecule has 1 aromatic heterocycles. The first-order valence-corrected chi connectivity index (χ1v) is 6.74. The summed E-state index contributed by atoms with van der Waals surface area (Å²) in [6, 6.07) is 6.97. The number of nitrogens with one attached hydrogen (secondary N) is 1. The standard InChI is InChI=1S/C11H9ClN2OSe/c1-7-6-13-11(16-7)14-10(15)8-4-2-3-5-9(8)12/h2-6H,1H3,(H,13,14,15). The Morgan fingerprint density at radius 3 is 2.81 bits per heavy atom. The van der Waals surface area contributed by atoms with E-state index >= 15 is 0 Å². The molecule has 1 N–H and O–H groups in total. The normalized spacial score (nSPS) is 10.1. The molecule has 0 atom stereocenters. The van der Waals surface area contributed by atoms with Crippen LogP contribution in [0.15, 0.2) is 30.5 Å². The fourth-order valence-electron chi connectivity index (χ4n) is 1.22. The Kier molecular flexibility index (Phi) is 3.44. The summed E-state index contributed by atoms with van der Waals surface area (Å²) in [6.45, 7) is 2.00. The summed E-state index contributed by atoms with van der Waals surface area (Å²) in [5.41, 5.74) is 0.479. The van der Waals surface area contributed by atoms with Crippen molar-refractivity contribution in [2.24, 2.45) is 0 Å². The van der Waals surface area contributed by atoms with E-state index in [0.717, 1.165) is 4.69 Å². The summed E-state index contributed by atoms with van der Waals surface area (Å²) in [7, 11) is 0. The topological polar surface area (TPSA) is 42.0 Å². The first-order valence-electron chi connectivity index (χ1n) is 4.65. The number of halogens is 1. The van der Waals surface area contributed by atoms with Crippen LogP contribution in [-0.2, 0) is 0 Å². The van der Waals surface area contributed by atoms with Crippen LogP contribution >= 0.6 is 11.6 Å².